The molecule has 0 spiro atoms. The molecule has 0 unspecified atom stereocenters. The van der Waals surface area contributed by atoms with Crippen LogP contribution in [-0.2, 0) is 22.9 Å². The van der Waals surface area contributed by atoms with E-state index in [2.05, 4.69) is 0 Å². The topological polar surface area (TPSA) is 55.8 Å². The maximum atomic E-state index is 13.0. The molecular formula is C21H25NO4S. The Labute approximate surface area is 161 Å². The minimum Gasteiger partial charge on any atom is -0.497 e. The highest BCUT2D eigenvalue weighted by Crippen LogP contribution is 2.28. The highest BCUT2D eigenvalue weighted by atomic mass is 32.2. The molecule has 2 aromatic carbocycles. The zero-order valence-electron chi connectivity index (χ0n) is 15.6. The molecule has 0 saturated carbocycles. The van der Waals surface area contributed by atoms with Crippen molar-refractivity contribution in [3.05, 3.63) is 53.6 Å². The molecule has 5 nitrogen and oxygen atoms in total. The average molecular weight is 388 g/mol. The molecule has 1 fully saturated rings. The van der Waals surface area contributed by atoms with Crippen LogP contribution >= 0.6 is 0 Å². The highest BCUT2D eigenvalue weighted by Gasteiger charge is 2.30. The van der Waals surface area contributed by atoms with Crippen LogP contribution in [0.15, 0.2) is 47.4 Å². The molecule has 2 aliphatic rings. The molecule has 1 heterocycles. The van der Waals surface area contributed by atoms with E-state index < -0.39 is 10.0 Å². The van der Waals surface area contributed by atoms with Gasteiger partial charge in [-0.2, -0.15) is 4.31 Å². The summed E-state index contributed by atoms with van der Waals surface area (Å²) in [5, 5.41) is 0. The Bertz CT molecular complexity index is 900. The molecule has 0 aromatic heterocycles. The van der Waals surface area contributed by atoms with E-state index in [1.54, 1.807) is 17.5 Å². The number of aryl methyl sites for hydroxylation is 2. The number of hydrogen-bond donors (Lipinski definition) is 0. The molecule has 1 aliphatic carbocycles. The van der Waals surface area contributed by atoms with Crippen LogP contribution in [0.2, 0.25) is 0 Å². The maximum absolute atomic E-state index is 13.0. The van der Waals surface area contributed by atoms with Gasteiger partial charge in [-0.1, -0.05) is 6.07 Å². The highest BCUT2D eigenvalue weighted by molar-refractivity contribution is 7.89. The lowest BCUT2D eigenvalue weighted by Gasteiger charge is -2.31. The third-order valence-corrected chi connectivity index (χ3v) is 7.37. The van der Waals surface area contributed by atoms with Gasteiger partial charge in [0.05, 0.1) is 12.0 Å². The van der Waals surface area contributed by atoms with E-state index in [0.29, 0.717) is 30.8 Å². The molecule has 0 N–H and O–H groups in total. The average Bonchev–Trinajstić information content (AvgIpc) is 3.17. The fourth-order valence-electron chi connectivity index (χ4n) is 3.89. The number of sulfonamides is 1. The van der Waals surface area contributed by atoms with E-state index in [4.69, 9.17) is 9.47 Å². The number of piperidine rings is 1. The van der Waals surface area contributed by atoms with Gasteiger partial charge in [0.15, 0.2) is 0 Å². The van der Waals surface area contributed by atoms with Crippen LogP contribution in [0.25, 0.3) is 0 Å². The summed E-state index contributed by atoms with van der Waals surface area (Å²) in [5.74, 6) is 1.58. The third kappa shape index (κ3) is 3.82. The minimum absolute atomic E-state index is 0.0323. The number of nitrogens with zero attached hydrogens (tertiary/aromatic N) is 1. The standard InChI is InChI=1S/C21H25NO4S/c1-25-18-6-8-19(9-7-18)26-20-11-13-22(14-12-20)27(23,24)21-10-5-16-3-2-4-17(16)15-21/h5-10,15,20H,2-4,11-14H2,1H3. The van der Waals surface area contributed by atoms with Crippen molar-refractivity contribution in [2.24, 2.45) is 0 Å². The molecular weight excluding hydrogens is 362 g/mol. The number of fused-ring (bicyclic) bond motifs is 1. The smallest absolute Gasteiger partial charge is 0.243 e. The molecule has 2 aromatic rings. The lowest BCUT2D eigenvalue weighted by Crippen LogP contribution is -2.41. The second-order valence-electron chi connectivity index (χ2n) is 7.18. The van der Waals surface area contributed by atoms with Crippen molar-refractivity contribution in [2.45, 2.75) is 43.1 Å². The first kappa shape index (κ1) is 18.3. The van der Waals surface area contributed by atoms with Crippen molar-refractivity contribution in [3.63, 3.8) is 0 Å². The Kier molecular flexibility index (Phi) is 5.10. The van der Waals surface area contributed by atoms with Crippen molar-refractivity contribution in [2.75, 3.05) is 20.2 Å². The summed E-state index contributed by atoms with van der Waals surface area (Å²) in [4.78, 5) is 0.428. The summed E-state index contributed by atoms with van der Waals surface area (Å²) in [5.41, 5.74) is 2.48. The van der Waals surface area contributed by atoms with Crippen LogP contribution in [0.1, 0.15) is 30.4 Å². The van der Waals surface area contributed by atoms with Gasteiger partial charge < -0.3 is 9.47 Å². The molecule has 0 atom stereocenters. The van der Waals surface area contributed by atoms with E-state index in [0.717, 1.165) is 30.8 Å². The molecule has 0 bridgehead atoms. The normalized spacial score (nSPS) is 18.3. The van der Waals surface area contributed by atoms with Crippen molar-refractivity contribution in [1.82, 2.24) is 4.31 Å². The van der Waals surface area contributed by atoms with E-state index >= 15 is 0 Å². The van der Waals surface area contributed by atoms with Crippen LogP contribution in [0, 0.1) is 0 Å². The first-order chi connectivity index (χ1) is 13.1. The number of rotatable bonds is 5. The third-order valence-electron chi connectivity index (χ3n) is 5.47. The largest absolute Gasteiger partial charge is 0.497 e. The summed E-state index contributed by atoms with van der Waals surface area (Å²) in [6, 6.07) is 13.1. The van der Waals surface area contributed by atoms with Gasteiger partial charge in [0.1, 0.15) is 17.6 Å². The Morgan fingerprint density at radius 1 is 0.926 bits per heavy atom. The second kappa shape index (κ2) is 7.52. The summed E-state index contributed by atoms with van der Waals surface area (Å²) in [6.45, 7) is 0.973. The predicted molar refractivity (Wildman–Crippen MR) is 104 cm³/mol. The monoisotopic (exact) mass is 387 g/mol. The van der Waals surface area contributed by atoms with Crippen LogP contribution < -0.4 is 9.47 Å². The molecule has 0 radical (unpaired) electrons. The van der Waals surface area contributed by atoms with Crippen LogP contribution in [0.3, 0.4) is 0 Å². The van der Waals surface area contributed by atoms with Crippen LogP contribution in [-0.4, -0.2) is 39.0 Å². The van der Waals surface area contributed by atoms with E-state index in [-0.39, 0.29) is 6.10 Å². The second-order valence-corrected chi connectivity index (χ2v) is 9.12. The molecule has 4 rings (SSSR count). The lowest BCUT2D eigenvalue weighted by atomic mass is 10.1. The lowest BCUT2D eigenvalue weighted by molar-refractivity contribution is 0.135. The van der Waals surface area contributed by atoms with Gasteiger partial charge in [-0.05, 0) is 79.6 Å². The minimum atomic E-state index is -3.43. The Balaban J connectivity index is 1.39. The quantitative estimate of drug-likeness (QED) is 0.789. The molecule has 0 amide bonds. The Morgan fingerprint density at radius 2 is 1.59 bits per heavy atom. The summed E-state index contributed by atoms with van der Waals surface area (Å²) >= 11 is 0. The zero-order chi connectivity index (χ0) is 18.9. The number of hydrogen-bond acceptors (Lipinski definition) is 4. The van der Waals surface area contributed by atoms with Gasteiger partial charge >= 0.3 is 0 Å². The first-order valence-electron chi connectivity index (χ1n) is 9.49. The van der Waals surface area contributed by atoms with Crippen molar-refractivity contribution in [1.29, 1.82) is 0 Å². The van der Waals surface area contributed by atoms with Crippen LogP contribution in [0.5, 0.6) is 11.5 Å². The van der Waals surface area contributed by atoms with E-state index in [1.165, 1.54) is 11.1 Å². The molecule has 27 heavy (non-hydrogen) atoms. The predicted octanol–water partition coefficient (Wildman–Crippen LogP) is 3.42. The molecule has 6 heteroatoms. The fourth-order valence-corrected chi connectivity index (χ4v) is 5.42. The zero-order valence-corrected chi connectivity index (χ0v) is 16.4. The number of benzene rings is 2. The van der Waals surface area contributed by atoms with Gasteiger partial charge in [0.25, 0.3) is 0 Å². The fraction of sp³-hybridized carbons (Fsp3) is 0.429. The Hall–Kier alpha value is -2.05. The summed E-state index contributed by atoms with van der Waals surface area (Å²) < 4.78 is 38.7. The Morgan fingerprint density at radius 3 is 2.30 bits per heavy atom. The summed E-state index contributed by atoms with van der Waals surface area (Å²) in [6.07, 6.45) is 4.57. The summed E-state index contributed by atoms with van der Waals surface area (Å²) in [7, 11) is -1.80. The van der Waals surface area contributed by atoms with Crippen molar-refractivity contribution >= 4 is 10.0 Å². The van der Waals surface area contributed by atoms with E-state index in [1.807, 2.05) is 36.4 Å². The van der Waals surface area contributed by atoms with Gasteiger partial charge in [-0.3, -0.25) is 0 Å². The molecule has 1 aliphatic heterocycles. The van der Waals surface area contributed by atoms with E-state index in [9.17, 15) is 8.42 Å². The van der Waals surface area contributed by atoms with Gasteiger partial charge in [0.2, 0.25) is 10.0 Å². The van der Waals surface area contributed by atoms with Crippen LogP contribution in [0.4, 0.5) is 0 Å². The SMILES string of the molecule is COc1ccc(OC2CCN(S(=O)(=O)c3ccc4c(c3)CCC4)CC2)cc1. The van der Waals surface area contributed by atoms with Crippen molar-refractivity contribution < 1.29 is 17.9 Å². The number of ether oxygens (including phenoxy) is 2. The molecule has 144 valence electrons. The van der Waals surface area contributed by atoms with Gasteiger partial charge in [-0.25, -0.2) is 8.42 Å². The maximum Gasteiger partial charge on any atom is 0.243 e. The first-order valence-corrected chi connectivity index (χ1v) is 10.9. The number of methoxy groups -OCH3 is 1. The van der Waals surface area contributed by atoms with Crippen molar-refractivity contribution in [3.8, 4) is 11.5 Å². The van der Waals surface area contributed by atoms with Gasteiger partial charge in [-0.15, -0.1) is 0 Å². The van der Waals surface area contributed by atoms with Gasteiger partial charge in [0, 0.05) is 13.1 Å². The molecule has 1 saturated heterocycles.